The first-order valence-corrected chi connectivity index (χ1v) is 2.88. The minimum Gasteiger partial charge on any atom is -0.412 e. The topological polar surface area (TPSA) is 48.6 Å². The average molecular weight is 248 g/mol. The zero-order valence-corrected chi connectivity index (χ0v) is 6.59. The molecule has 0 rings (SSSR count). The molecule has 0 aliphatic rings. The molecule has 0 saturated carbocycles. The number of rotatable bonds is 4. The second-order valence-electron chi connectivity index (χ2n) is 2.24. The van der Waals surface area contributed by atoms with Crippen molar-refractivity contribution in [3.8, 4) is 0 Å². The highest BCUT2D eigenvalue weighted by Gasteiger charge is 2.75. The van der Waals surface area contributed by atoms with E-state index in [1.54, 1.807) is 0 Å². The summed E-state index contributed by atoms with van der Waals surface area (Å²) in [6.07, 6.45) is -6.80. The summed E-state index contributed by atoms with van der Waals surface area (Å²) >= 11 is 0. The molecule has 0 spiro atoms. The minimum atomic E-state index is -6.42. The molecule has 0 aromatic heterocycles. The van der Waals surface area contributed by atoms with Crippen molar-refractivity contribution in [1.29, 1.82) is 0 Å². The van der Waals surface area contributed by atoms with Crippen molar-refractivity contribution >= 4 is 6.29 Å². The van der Waals surface area contributed by atoms with Crippen LogP contribution >= 0.6 is 0 Å². The summed E-state index contributed by atoms with van der Waals surface area (Å²) in [7, 11) is 0. The van der Waals surface area contributed by atoms with Gasteiger partial charge in [0.1, 0.15) is 0 Å². The predicted octanol–water partition coefficient (Wildman–Crippen LogP) is 1.53. The molecule has 0 atom stereocenters. The average Bonchev–Trinajstić information content (AvgIpc) is 2.03. The monoisotopic (exact) mass is 248 g/mol. The van der Waals surface area contributed by atoms with E-state index in [0.717, 1.165) is 0 Å². The van der Waals surface area contributed by atoms with Crippen molar-refractivity contribution < 1.29 is 45.4 Å². The van der Waals surface area contributed by atoms with Crippen LogP contribution in [0.15, 0.2) is 0 Å². The van der Waals surface area contributed by atoms with Gasteiger partial charge in [0.15, 0.2) is 6.29 Å². The van der Waals surface area contributed by atoms with E-state index in [9.17, 15) is 39.9 Å². The first kappa shape index (κ1) is 16.5. The highest BCUT2D eigenvalue weighted by Crippen LogP contribution is 2.47. The van der Waals surface area contributed by atoms with E-state index in [1.807, 2.05) is 0 Å². The molecule has 0 aliphatic carbocycles. The van der Waals surface area contributed by atoms with Crippen LogP contribution in [0.1, 0.15) is 0 Å². The molecule has 0 fully saturated rings. The van der Waals surface area contributed by atoms with E-state index in [-0.39, 0.29) is 5.48 Å². The fraction of sp³-hybridized carbons (Fsp3) is 0.800. The van der Waals surface area contributed by atoms with E-state index < -0.39 is 30.5 Å². The van der Waals surface area contributed by atoms with Crippen molar-refractivity contribution in [2.24, 2.45) is 0 Å². The lowest BCUT2D eigenvalue weighted by atomic mass is 10.1. The molecule has 0 aromatic rings. The minimum absolute atomic E-state index is 0. The van der Waals surface area contributed by atoms with Gasteiger partial charge in [-0.25, -0.2) is 8.78 Å². The van der Waals surface area contributed by atoms with Crippen molar-refractivity contribution in [3.05, 3.63) is 0 Å². The third kappa shape index (κ3) is 2.36. The van der Waals surface area contributed by atoms with E-state index in [4.69, 9.17) is 0 Å². The van der Waals surface area contributed by atoms with Gasteiger partial charge in [0, 0.05) is 0 Å². The van der Waals surface area contributed by atoms with E-state index >= 15 is 0 Å². The molecule has 0 heterocycles. The normalized spacial score (nSPS) is 13.7. The fourth-order valence-corrected chi connectivity index (χ4v) is 0.433. The van der Waals surface area contributed by atoms with Crippen molar-refractivity contribution in [3.63, 3.8) is 0 Å². The largest absolute Gasteiger partial charge is 0.412 e. The van der Waals surface area contributed by atoms with Crippen LogP contribution in [-0.2, 0) is 4.79 Å². The summed E-state index contributed by atoms with van der Waals surface area (Å²) in [5.74, 6) is -18.5. The number of alkyl halides is 8. The van der Waals surface area contributed by atoms with Crippen LogP contribution in [0.2, 0.25) is 0 Å². The molecular weight excluding hydrogens is 244 g/mol. The van der Waals surface area contributed by atoms with Crippen LogP contribution in [0.3, 0.4) is 0 Å². The van der Waals surface area contributed by atoms with Gasteiger partial charge in [0.25, 0.3) is 0 Å². The zero-order chi connectivity index (χ0) is 11.8. The molecule has 0 bridgehead atoms. The lowest BCUT2D eigenvalue weighted by molar-refractivity contribution is -0.324. The highest BCUT2D eigenvalue weighted by molar-refractivity contribution is 5.62. The van der Waals surface area contributed by atoms with Gasteiger partial charge < -0.3 is 5.48 Å². The molecule has 10 heteroatoms. The van der Waals surface area contributed by atoms with Gasteiger partial charge in [-0.05, 0) is 0 Å². The van der Waals surface area contributed by atoms with Crippen molar-refractivity contribution in [2.75, 3.05) is 0 Å². The Kier molecular flexibility index (Phi) is 4.72. The van der Waals surface area contributed by atoms with Crippen molar-refractivity contribution in [2.45, 2.75) is 24.2 Å². The lowest BCUT2D eigenvalue weighted by Crippen LogP contribution is -2.58. The maximum atomic E-state index is 12.0. The van der Waals surface area contributed by atoms with Crippen LogP contribution in [0.5, 0.6) is 0 Å². The summed E-state index contributed by atoms with van der Waals surface area (Å²) in [5, 5.41) is 0. The predicted molar refractivity (Wildman–Crippen MR) is 30.5 cm³/mol. The number of halogens is 8. The van der Waals surface area contributed by atoms with E-state index in [1.165, 1.54) is 0 Å². The Bertz CT molecular complexity index is 225. The number of carbonyl (C=O) groups excluding carboxylic acids is 1. The first-order chi connectivity index (χ1) is 6.00. The molecule has 15 heavy (non-hydrogen) atoms. The highest BCUT2D eigenvalue weighted by atomic mass is 19.4. The van der Waals surface area contributed by atoms with Gasteiger partial charge in [-0.1, -0.05) is 0 Å². The Morgan fingerprint density at radius 3 is 1.47 bits per heavy atom. The molecule has 0 aromatic carbocycles. The first-order valence-electron chi connectivity index (χ1n) is 2.88. The molecule has 92 valence electrons. The maximum Gasteiger partial charge on any atom is 0.384 e. The molecule has 0 saturated heterocycles. The Morgan fingerprint density at radius 1 is 0.933 bits per heavy atom. The quantitative estimate of drug-likeness (QED) is 0.549. The number of carbonyl (C=O) groups is 1. The van der Waals surface area contributed by atoms with Crippen LogP contribution in [0, 0.1) is 0 Å². The molecule has 0 unspecified atom stereocenters. The molecular formula is C5H4F8O2. The molecule has 2 nitrogen and oxygen atoms in total. The summed E-state index contributed by atoms with van der Waals surface area (Å²) in [6, 6.07) is 0. The Labute approximate surface area is 77.2 Å². The molecule has 0 radical (unpaired) electrons. The van der Waals surface area contributed by atoms with E-state index in [2.05, 4.69) is 0 Å². The lowest BCUT2D eigenvalue weighted by Gasteiger charge is -2.28. The Hall–Kier alpha value is -0.930. The van der Waals surface area contributed by atoms with Gasteiger partial charge >= 0.3 is 24.2 Å². The molecule has 0 amide bonds. The third-order valence-electron chi connectivity index (χ3n) is 1.26. The maximum absolute atomic E-state index is 12.0. The second-order valence-corrected chi connectivity index (χ2v) is 2.24. The zero-order valence-electron chi connectivity index (χ0n) is 6.59. The number of aldehydes is 1. The fourth-order valence-electron chi connectivity index (χ4n) is 0.433. The number of hydrogen-bond donors (Lipinski definition) is 0. The van der Waals surface area contributed by atoms with Crippen LogP contribution < -0.4 is 0 Å². The Balaban J connectivity index is 0. The second kappa shape index (κ2) is 4.29. The molecule has 2 N–H and O–H groups in total. The smallest absolute Gasteiger partial charge is 0.384 e. The Morgan fingerprint density at radius 2 is 1.27 bits per heavy atom. The van der Waals surface area contributed by atoms with Gasteiger partial charge in [-0.3, -0.25) is 4.79 Å². The molecule has 0 aliphatic heterocycles. The van der Waals surface area contributed by atoms with Crippen LogP contribution in [0.25, 0.3) is 0 Å². The standard InChI is InChI=1S/C5H2F8O.H2O/c6-2(7)4(10,11)5(12,13)3(8,9)1-14;/h1-2H;1H2. The SMILES string of the molecule is O.O=CC(F)(F)C(F)(F)C(F)(F)C(F)F. The van der Waals surface area contributed by atoms with Crippen LogP contribution in [-0.4, -0.2) is 36.0 Å². The van der Waals surface area contributed by atoms with E-state index in [0.29, 0.717) is 0 Å². The third-order valence-corrected chi connectivity index (χ3v) is 1.26. The summed E-state index contributed by atoms with van der Waals surface area (Å²) in [6.45, 7) is 0. The summed E-state index contributed by atoms with van der Waals surface area (Å²) < 4.78 is 94.1. The van der Waals surface area contributed by atoms with Crippen molar-refractivity contribution in [1.82, 2.24) is 0 Å². The summed E-state index contributed by atoms with van der Waals surface area (Å²) in [4.78, 5) is 9.33. The van der Waals surface area contributed by atoms with Gasteiger partial charge in [0.2, 0.25) is 0 Å². The summed E-state index contributed by atoms with van der Waals surface area (Å²) in [5.41, 5.74) is 0. The van der Waals surface area contributed by atoms with Gasteiger partial charge in [0.05, 0.1) is 0 Å². The van der Waals surface area contributed by atoms with Gasteiger partial charge in [-0.15, -0.1) is 0 Å². The number of hydrogen-bond acceptors (Lipinski definition) is 1. The van der Waals surface area contributed by atoms with Gasteiger partial charge in [-0.2, -0.15) is 26.3 Å². The van der Waals surface area contributed by atoms with Crippen LogP contribution in [0.4, 0.5) is 35.1 Å².